The quantitative estimate of drug-likeness (QED) is 0.778. The Balaban J connectivity index is 2.16. The van der Waals surface area contributed by atoms with Crippen molar-refractivity contribution in [2.24, 2.45) is 0 Å². The molecule has 0 spiro atoms. The minimum Gasteiger partial charge on any atom is -0.497 e. The maximum absolute atomic E-state index is 5.86. The first kappa shape index (κ1) is 11.4. The number of hydrogen-bond donors (Lipinski definition) is 1. The van der Waals surface area contributed by atoms with Crippen LogP contribution in [-0.2, 0) is 0 Å². The SMILES string of the molecule is COc1cccc(-c2c(-c3ccco3)noc2N)c1. The van der Waals surface area contributed by atoms with Gasteiger partial charge in [-0.05, 0) is 29.8 Å². The van der Waals surface area contributed by atoms with Gasteiger partial charge in [-0.15, -0.1) is 0 Å². The zero-order valence-electron chi connectivity index (χ0n) is 10.3. The number of rotatable bonds is 3. The van der Waals surface area contributed by atoms with Gasteiger partial charge in [-0.1, -0.05) is 17.3 Å². The Morgan fingerprint density at radius 3 is 2.84 bits per heavy atom. The fourth-order valence-corrected chi connectivity index (χ4v) is 1.94. The number of methoxy groups -OCH3 is 1. The van der Waals surface area contributed by atoms with Crippen molar-refractivity contribution in [2.45, 2.75) is 0 Å². The van der Waals surface area contributed by atoms with Gasteiger partial charge in [0.05, 0.1) is 18.9 Å². The Hall–Kier alpha value is -2.69. The van der Waals surface area contributed by atoms with E-state index >= 15 is 0 Å². The highest BCUT2D eigenvalue weighted by molar-refractivity contribution is 5.85. The molecule has 19 heavy (non-hydrogen) atoms. The topological polar surface area (TPSA) is 74.4 Å². The van der Waals surface area contributed by atoms with Crippen LogP contribution in [0.1, 0.15) is 0 Å². The summed E-state index contributed by atoms with van der Waals surface area (Å²) in [7, 11) is 1.61. The number of hydrogen-bond acceptors (Lipinski definition) is 5. The van der Waals surface area contributed by atoms with Crippen molar-refractivity contribution in [1.82, 2.24) is 5.16 Å². The summed E-state index contributed by atoms with van der Waals surface area (Å²) in [4.78, 5) is 0. The number of benzene rings is 1. The van der Waals surface area contributed by atoms with E-state index in [-0.39, 0.29) is 5.88 Å². The molecule has 0 amide bonds. The molecule has 5 heteroatoms. The average molecular weight is 256 g/mol. The zero-order valence-corrected chi connectivity index (χ0v) is 10.3. The average Bonchev–Trinajstić information content (AvgIpc) is 3.07. The Bertz CT molecular complexity index is 687. The van der Waals surface area contributed by atoms with Gasteiger partial charge in [-0.3, -0.25) is 0 Å². The Morgan fingerprint density at radius 1 is 1.21 bits per heavy atom. The van der Waals surface area contributed by atoms with E-state index in [1.54, 1.807) is 25.5 Å². The lowest BCUT2D eigenvalue weighted by Gasteiger charge is -2.04. The second-order valence-corrected chi connectivity index (χ2v) is 3.98. The number of anilines is 1. The molecule has 0 aliphatic heterocycles. The fraction of sp³-hybridized carbons (Fsp3) is 0.0714. The van der Waals surface area contributed by atoms with Crippen LogP contribution in [0.5, 0.6) is 5.75 Å². The Morgan fingerprint density at radius 2 is 2.11 bits per heavy atom. The van der Waals surface area contributed by atoms with E-state index in [2.05, 4.69) is 5.16 Å². The van der Waals surface area contributed by atoms with E-state index in [1.165, 1.54) is 0 Å². The molecule has 3 aromatic rings. The van der Waals surface area contributed by atoms with Crippen LogP contribution in [0.25, 0.3) is 22.6 Å². The van der Waals surface area contributed by atoms with Crippen molar-refractivity contribution in [1.29, 1.82) is 0 Å². The van der Waals surface area contributed by atoms with Crippen LogP contribution < -0.4 is 10.5 Å². The van der Waals surface area contributed by atoms with Crippen LogP contribution in [0, 0.1) is 0 Å². The highest BCUT2D eigenvalue weighted by atomic mass is 16.5. The van der Waals surface area contributed by atoms with Crippen LogP contribution in [-0.4, -0.2) is 12.3 Å². The normalized spacial score (nSPS) is 10.6. The molecule has 5 nitrogen and oxygen atoms in total. The predicted octanol–water partition coefficient (Wildman–Crippen LogP) is 3.19. The molecule has 2 aromatic heterocycles. The van der Waals surface area contributed by atoms with Gasteiger partial charge < -0.3 is 19.4 Å². The lowest BCUT2D eigenvalue weighted by atomic mass is 10.0. The van der Waals surface area contributed by atoms with Crippen LogP contribution in [0.4, 0.5) is 5.88 Å². The lowest BCUT2D eigenvalue weighted by Crippen LogP contribution is -1.88. The molecule has 3 rings (SSSR count). The van der Waals surface area contributed by atoms with Crippen LogP contribution >= 0.6 is 0 Å². The molecule has 0 saturated heterocycles. The van der Waals surface area contributed by atoms with Crippen molar-refractivity contribution < 1.29 is 13.7 Å². The molecule has 2 heterocycles. The third-order valence-electron chi connectivity index (χ3n) is 2.83. The molecule has 0 fully saturated rings. The van der Waals surface area contributed by atoms with Gasteiger partial charge in [-0.25, -0.2) is 0 Å². The maximum atomic E-state index is 5.86. The third kappa shape index (κ3) is 1.95. The minimum absolute atomic E-state index is 0.250. The molecule has 1 aromatic carbocycles. The minimum atomic E-state index is 0.250. The predicted molar refractivity (Wildman–Crippen MR) is 70.6 cm³/mol. The van der Waals surface area contributed by atoms with E-state index in [0.29, 0.717) is 17.0 Å². The van der Waals surface area contributed by atoms with Gasteiger partial charge in [0, 0.05) is 0 Å². The largest absolute Gasteiger partial charge is 0.497 e. The fourth-order valence-electron chi connectivity index (χ4n) is 1.94. The molecule has 0 saturated carbocycles. The van der Waals surface area contributed by atoms with E-state index in [0.717, 1.165) is 11.3 Å². The van der Waals surface area contributed by atoms with Crippen molar-refractivity contribution in [3.8, 4) is 28.3 Å². The molecule has 0 atom stereocenters. The Labute approximate surface area is 109 Å². The second kappa shape index (κ2) is 4.53. The van der Waals surface area contributed by atoms with Gasteiger partial charge in [0.1, 0.15) is 5.75 Å². The maximum Gasteiger partial charge on any atom is 0.230 e. The van der Waals surface area contributed by atoms with Gasteiger partial charge in [0.25, 0.3) is 0 Å². The number of aromatic nitrogens is 1. The third-order valence-corrected chi connectivity index (χ3v) is 2.83. The molecule has 0 radical (unpaired) electrons. The summed E-state index contributed by atoms with van der Waals surface area (Å²) in [6, 6.07) is 11.1. The van der Waals surface area contributed by atoms with Gasteiger partial charge in [-0.2, -0.15) is 0 Å². The van der Waals surface area contributed by atoms with E-state index in [4.69, 9.17) is 19.4 Å². The molecule has 0 aliphatic carbocycles. The zero-order chi connectivity index (χ0) is 13.2. The van der Waals surface area contributed by atoms with Crippen LogP contribution in [0.3, 0.4) is 0 Å². The van der Waals surface area contributed by atoms with Crippen molar-refractivity contribution in [3.05, 3.63) is 42.7 Å². The molecule has 0 aliphatic rings. The molecular formula is C14H12N2O3. The van der Waals surface area contributed by atoms with E-state index in [9.17, 15) is 0 Å². The smallest absolute Gasteiger partial charge is 0.230 e. The van der Waals surface area contributed by atoms with Crippen molar-refractivity contribution in [3.63, 3.8) is 0 Å². The van der Waals surface area contributed by atoms with Crippen LogP contribution in [0.15, 0.2) is 51.6 Å². The standard InChI is InChI=1S/C14H12N2O3/c1-17-10-5-2-4-9(8-10)12-13(16-19-14(12)15)11-6-3-7-18-11/h2-8H,15H2,1H3. The molecule has 0 bridgehead atoms. The first-order valence-electron chi connectivity index (χ1n) is 5.73. The summed E-state index contributed by atoms with van der Waals surface area (Å²) in [5, 5.41) is 3.96. The first-order valence-corrected chi connectivity index (χ1v) is 5.73. The first-order chi connectivity index (χ1) is 9.29. The lowest BCUT2D eigenvalue weighted by molar-refractivity contribution is 0.415. The number of nitrogens with two attached hydrogens (primary N) is 1. The summed E-state index contributed by atoms with van der Waals surface area (Å²) in [5.41, 5.74) is 8.01. The summed E-state index contributed by atoms with van der Waals surface area (Å²) in [5.74, 6) is 1.60. The van der Waals surface area contributed by atoms with Gasteiger partial charge in [0.15, 0.2) is 11.5 Å². The highest BCUT2D eigenvalue weighted by Crippen LogP contribution is 2.37. The van der Waals surface area contributed by atoms with Crippen molar-refractivity contribution in [2.75, 3.05) is 12.8 Å². The van der Waals surface area contributed by atoms with Gasteiger partial charge in [0.2, 0.25) is 5.88 Å². The Kier molecular flexibility index (Phi) is 2.72. The monoisotopic (exact) mass is 256 g/mol. The van der Waals surface area contributed by atoms with Gasteiger partial charge >= 0.3 is 0 Å². The van der Waals surface area contributed by atoms with Crippen LogP contribution in [0.2, 0.25) is 0 Å². The number of nitrogen functional groups attached to an aromatic ring is 1. The van der Waals surface area contributed by atoms with Crippen molar-refractivity contribution >= 4 is 5.88 Å². The number of nitrogens with zero attached hydrogens (tertiary/aromatic N) is 1. The summed E-state index contributed by atoms with van der Waals surface area (Å²) < 4.78 is 15.6. The summed E-state index contributed by atoms with van der Waals surface area (Å²) >= 11 is 0. The van der Waals surface area contributed by atoms with E-state index < -0.39 is 0 Å². The molecular weight excluding hydrogens is 244 g/mol. The molecule has 0 unspecified atom stereocenters. The summed E-state index contributed by atoms with van der Waals surface area (Å²) in [6.07, 6.45) is 1.58. The highest BCUT2D eigenvalue weighted by Gasteiger charge is 2.19. The number of ether oxygens (including phenoxy) is 1. The summed E-state index contributed by atoms with van der Waals surface area (Å²) in [6.45, 7) is 0. The molecule has 96 valence electrons. The number of furan rings is 1. The van der Waals surface area contributed by atoms with E-state index in [1.807, 2.05) is 24.3 Å². The molecule has 2 N–H and O–H groups in total. The second-order valence-electron chi connectivity index (χ2n) is 3.98.